The Morgan fingerprint density at radius 1 is 1.73 bits per heavy atom. The number of rotatable bonds is 5. The maximum Gasteiger partial charge on any atom is 0.305 e. The maximum absolute atomic E-state index is 10.9. The smallest absolute Gasteiger partial charge is 0.305 e. The van der Waals surface area contributed by atoms with Crippen molar-refractivity contribution in [2.75, 3.05) is 7.11 Å². The van der Waals surface area contributed by atoms with E-state index in [0.717, 1.165) is 12.2 Å². The van der Waals surface area contributed by atoms with Gasteiger partial charge in [0, 0.05) is 25.2 Å². The molecule has 0 aliphatic carbocycles. The van der Waals surface area contributed by atoms with Crippen LogP contribution in [-0.4, -0.2) is 22.9 Å². The zero-order valence-electron chi connectivity index (χ0n) is 9.14. The fourth-order valence-electron chi connectivity index (χ4n) is 1.27. The highest BCUT2D eigenvalue weighted by molar-refractivity contribution is 5.69. The molecule has 1 aromatic heterocycles. The molecule has 0 radical (unpaired) electrons. The lowest BCUT2D eigenvalue weighted by molar-refractivity contribution is -0.140. The molecule has 0 fully saturated rings. The monoisotopic (exact) mass is 211 g/mol. The predicted molar refractivity (Wildman–Crippen MR) is 56.1 cm³/mol. The largest absolute Gasteiger partial charge is 0.469 e. The number of esters is 1. The summed E-state index contributed by atoms with van der Waals surface area (Å²) in [4.78, 5) is 10.9. The normalized spacial score (nSPS) is 12.5. The standard InChI is InChI=1S/C10H17N3O2/c1-3-13-7-6-9(12-13)8(11)4-5-10(14)15-2/h6-8H,3-5,11H2,1-2H3. The van der Waals surface area contributed by atoms with Crippen molar-refractivity contribution in [2.45, 2.75) is 32.4 Å². The summed E-state index contributed by atoms with van der Waals surface area (Å²) in [6.45, 7) is 2.83. The van der Waals surface area contributed by atoms with Crippen molar-refractivity contribution < 1.29 is 9.53 Å². The molecule has 0 saturated heterocycles. The van der Waals surface area contributed by atoms with Crippen molar-refractivity contribution in [3.05, 3.63) is 18.0 Å². The topological polar surface area (TPSA) is 70.1 Å². The van der Waals surface area contributed by atoms with E-state index in [1.54, 1.807) is 0 Å². The number of methoxy groups -OCH3 is 1. The Bertz CT molecular complexity index is 322. The first-order valence-electron chi connectivity index (χ1n) is 5.03. The van der Waals surface area contributed by atoms with Crippen LogP contribution in [0.5, 0.6) is 0 Å². The third-order valence-corrected chi connectivity index (χ3v) is 2.25. The number of nitrogens with zero attached hydrogens (tertiary/aromatic N) is 2. The van der Waals surface area contributed by atoms with Crippen molar-refractivity contribution in [2.24, 2.45) is 5.73 Å². The van der Waals surface area contributed by atoms with Crippen LogP contribution in [0.4, 0.5) is 0 Å². The van der Waals surface area contributed by atoms with Crippen LogP contribution in [0.25, 0.3) is 0 Å². The van der Waals surface area contributed by atoms with Crippen LogP contribution in [0.1, 0.15) is 31.5 Å². The van der Waals surface area contributed by atoms with Crippen LogP contribution >= 0.6 is 0 Å². The van der Waals surface area contributed by atoms with Crippen molar-refractivity contribution in [1.82, 2.24) is 9.78 Å². The summed E-state index contributed by atoms with van der Waals surface area (Å²) in [5.74, 6) is -0.236. The Balaban J connectivity index is 2.46. The van der Waals surface area contributed by atoms with E-state index in [-0.39, 0.29) is 12.0 Å². The van der Waals surface area contributed by atoms with Crippen LogP contribution in [0.2, 0.25) is 0 Å². The van der Waals surface area contributed by atoms with Crippen molar-refractivity contribution in [1.29, 1.82) is 0 Å². The van der Waals surface area contributed by atoms with E-state index in [1.807, 2.05) is 23.9 Å². The van der Waals surface area contributed by atoms with Crippen LogP contribution in [-0.2, 0) is 16.1 Å². The molecule has 0 aromatic carbocycles. The lowest BCUT2D eigenvalue weighted by Gasteiger charge is -2.07. The Morgan fingerprint density at radius 2 is 2.47 bits per heavy atom. The van der Waals surface area contributed by atoms with E-state index in [4.69, 9.17) is 5.73 Å². The molecule has 2 N–H and O–H groups in total. The summed E-state index contributed by atoms with van der Waals surface area (Å²) < 4.78 is 6.36. The van der Waals surface area contributed by atoms with Crippen LogP contribution in [0.15, 0.2) is 12.3 Å². The van der Waals surface area contributed by atoms with E-state index in [9.17, 15) is 4.79 Å². The molecule has 1 atom stereocenters. The molecule has 0 saturated carbocycles. The van der Waals surface area contributed by atoms with Gasteiger partial charge < -0.3 is 10.5 Å². The van der Waals surface area contributed by atoms with E-state index < -0.39 is 0 Å². The number of ether oxygens (including phenoxy) is 1. The Hall–Kier alpha value is -1.36. The van der Waals surface area contributed by atoms with Gasteiger partial charge in [-0.05, 0) is 19.4 Å². The first kappa shape index (κ1) is 11.7. The number of hydrogen-bond donors (Lipinski definition) is 1. The Labute approximate surface area is 89.2 Å². The molecule has 1 aromatic rings. The van der Waals surface area contributed by atoms with E-state index in [1.165, 1.54) is 7.11 Å². The number of carbonyl (C=O) groups is 1. The van der Waals surface area contributed by atoms with E-state index in [2.05, 4.69) is 9.84 Å². The highest BCUT2D eigenvalue weighted by atomic mass is 16.5. The summed E-state index contributed by atoms with van der Waals surface area (Å²) in [7, 11) is 1.37. The lowest BCUT2D eigenvalue weighted by Crippen LogP contribution is -2.14. The third-order valence-electron chi connectivity index (χ3n) is 2.25. The minimum Gasteiger partial charge on any atom is -0.469 e. The zero-order chi connectivity index (χ0) is 11.3. The first-order valence-corrected chi connectivity index (χ1v) is 5.03. The van der Waals surface area contributed by atoms with Gasteiger partial charge in [-0.15, -0.1) is 0 Å². The maximum atomic E-state index is 10.9. The van der Waals surface area contributed by atoms with Crippen molar-refractivity contribution in [3.63, 3.8) is 0 Å². The number of hydrogen-bond acceptors (Lipinski definition) is 4. The second-order valence-electron chi connectivity index (χ2n) is 3.32. The molecule has 0 bridgehead atoms. The molecule has 5 heteroatoms. The van der Waals surface area contributed by atoms with Gasteiger partial charge in [-0.3, -0.25) is 9.48 Å². The molecule has 0 aliphatic rings. The highest BCUT2D eigenvalue weighted by Crippen LogP contribution is 2.13. The SMILES string of the molecule is CCn1ccc(C(N)CCC(=O)OC)n1. The van der Waals surface area contributed by atoms with Gasteiger partial charge in [0.2, 0.25) is 0 Å². The summed E-state index contributed by atoms with van der Waals surface area (Å²) in [5.41, 5.74) is 6.70. The summed E-state index contributed by atoms with van der Waals surface area (Å²) >= 11 is 0. The number of carbonyl (C=O) groups excluding carboxylic acids is 1. The lowest BCUT2D eigenvalue weighted by atomic mass is 10.1. The zero-order valence-corrected chi connectivity index (χ0v) is 9.14. The van der Waals surface area contributed by atoms with Crippen molar-refractivity contribution in [3.8, 4) is 0 Å². The fraction of sp³-hybridized carbons (Fsp3) is 0.600. The second kappa shape index (κ2) is 5.50. The van der Waals surface area contributed by atoms with E-state index >= 15 is 0 Å². The van der Waals surface area contributed by atoms with Crippen LogP contribution < -0.4 is 5.73 Å². The number of aryl methyl sites for hydroxylation is 1. The van der Waals surface area contributed by atoms with Gasteiger partial charge in [0.15, 0.2) is 0 Å². The van der Waals surface area contributed by atoms with Gasteiger partial charge in [0.05, 0.1) is 12.8 Å². The molecule has 0 aliphatic heterocycles. The van der Waals surface area contributed by atoms with E-state index in [0.29, 0.717) is 12.8 Å². The average molecular weight is 211 g/mol. The summed E-state index contributed by atoms with van der Waals surface area (Å²) in [6.07, 6.45) is 2.78. The molecule has 1 heterocycles. The van der Waals surface area contributed by atoms with Crippen LogP contribution in [0, 0.1) is 0 Å². The molecule has 5 nitrogen and oxygen atoms in total. The minimum absolute atomic E-state index is 0.197. The van der Waals surface area contributed by atoms with Crippen molar-refractivity contribution >= 4 is 5.97 Å². The molecule has 1 unspecified atom stereocenters. The first-order chi connectivity index (χ1) is 7.17. The summed E-state index contributed by atoms with van der Waals surface area (Å²) in [6, 6.07) is 1.68. The Morgan fingerprint density at radius 3 is 3.00 bits per heavy atom. The number of nitrogens with two attached hydrogens (primary N) is 1. The van der Waals surface area contributed by atoms with Gasteiger partial charge in [0.25, 0.3) is 0 Å². The van der Waals surface area contributed by atoms with Gasteiger partial charge >= 0.3 is 5.97 Å². The van der Waals surface area contributed by atoms with Gasteiger partial charge in [-0.25, -0.2) is 0 Å². The Kier molecular flexibility index (Phi) is 4.30. The molecule has 1 rings (SSSR count). The summed E-state index contributed by atoms with van der Waals surface area (Å²) in [5, 5.41) is 4.27. The molecule has 84 valence electrons. The molecular weight excluding hydrogens is 194 g/mol. The molecular formula is C10H17N3O2. The molecule has 0 spiro atoms. The number of aromatic nitrogens is 2. The quantitative estimate of drug-likeness (QED) is 0.733. The predicted octanol–water partition coefficient (Wildman–Crippen LogP) is 0.856. The van der Waals surface area contributed by atoms with Crippen LogP contribution in [0.3, 0.4) is 0 Å². The fourth-order valence-corrected chi connectivity index (χ4v) is 1.27. The minimum atomic E-state index is -0.236. The van der Waals surface area contributed by atoms with Gasteiger partial charge in [-0.2, -0.15) is 5.10 Å². The third kappa shape index (κ3) is 3.36. The highest BCUT2D eigenvalue weighted by Gasteiger charge is 2.11. The molecule has 15 heavy (non-hydrogen) atoms. The van der Waals surface area contributed by atoms with Gasteiger partial charge in [0.1, 0.15) is 0 Å². The second-order valence-corrected chi connectivity index (χ2v) is 3.32. The van der Waals surface area contributed by atoms with Gasteiger partial charge in [-0.1, -0.05) is 0 Å². The molecule has 0 amide bonds. The average Bonchev–Trinajstić information content (AvgIpc) is 2.73.